The molecule has 0 saturated carbocycles. The molecule has 1 unspecified atom stereocenters. The van der Waals surface area contributed by atoms with Crippen molar-refractivity contribution in [1.82, 2.24) is 4.31 Å². The number of carbonyl (C=O) groups is 1. The number of benzene rings is 1. The van der Waals surface area contributed by atoms with Gasteiger partial charge in [0.2, 0.25) is 10.0 Å². The zero-order valence-corrected chi connectivity index (χ0v) is 13.7. The summed E-state index contributed by atoms with van der Waals surface area (Å²) in [5.74, 6) is 0.248. The van der Waals surface area contributed by atoms with E-state index in [1.165, 1.54) is 10.6 Å². The summed E-state index contributed by atoms with van der Waals surface area (Å²) in [6.45, 7) is 4.96. The molecule has 4 nitrogen and oxygen atoms in total. The summed E-state index contributed by atoms with van der Waals surface area (Å²) in [7, 11) is -3.15. The molecular weight excluding hydrogens is 286 g/mol. The first-order valence-electron chi connectivity index (χ1n) is 7.33. The third kappa shape index (κ3) is 4.14. The molecule has 1 aliphatic rings. The summed E-state index contributed by atoms with van der Waals surface area (Å²) in [5, 5.41) is 0. The Hall–Kier alpha value is -1.20. The van der Waals surface area contributed by atoms with Crippen LogP contribution in [0, 0.1) is 19.8 Å². The van der Waals surface area contributed by atoms with Crippen LogP contribution < -0.4 is 0 Å². The molecule has 0 amide bonds. The summed E-state index contributed by atoms with van der Waals surface area (Å²) in [5.41, 5.74) is 2.83. The summed E-state index contributed by atoms with van der Waals surface area (Å²) < 4.78 is 24.8. The highest BCUT2D eigenvalue weighted by atomic mass is 32.2. The van der Waals surface area contributed by atoms with Gasteiger partial charge in [0.05, 0.1) is 6.26 Å². The van der Waals surface area contributed by atoms with Crippen molar-refractivity contribution in [2.75, 3.05) is 19.3 Å². The molecule has 1 atom stereocenters. The highest BCUT2D eigenvalue weighted by molar-refractivity contribution is 7.88. The number of hydrogen-bond acceptors (Lipinski definition) is 3. The molecule has 0 aliphatic carbocycles. The first-order valence-corrected chi connectivity index (χ1v) is 9.18. The number of sulfonamides is 1. The molecule has 1 saturated heterocycles. The van der Waals surface area contributed by atoms with Gasteiger partial charge in [0.1, 0.15) is 0 Å². The van der Waals surface area contributed by atoms with Crippen LogP contribution in [0.25, 0.3) is 0 Å². The Morgan fingerprint density at radius 3 is 2.71 bits per heavy atom. The molecular formula is C16H23NO3S. The van der Waals surface area contributed by atoms with Crippen molar-refractivity contribution < 1.29 is 13.2 Å². The fourth-order valence-electron chi connectivity index (χ4n) is 2.90. The Morgan fingerprint density at radius 2 is 2.05 bits per heavy atom. The SMILES string of the molecule is Cc1ccc(C)c(C(=O)CC2CCCN(S(C)(=O)=O)C2)c1. The Kier molecular flexibility index (Phi) is 4.84. The van der Waals surface area contributed by atoms with Gasteiger partial charge < -0.3 is 0 Å². The van der Waals surface area contributed by atoms with Crippen molar-refractivity contribution >= 4 is 15.8 Å². The maximum absolute atomic E-state index is 12.5. The number of hydrogen-bond donors (Lipinski definition) is 0. The van der Waals surface area contributed by atoms with E-state index in [0.717, 1.165) is 29.5 Å². The van der Waals surface area contributed by atoms with Crippen LogP contribution in [0.2, 0.25) is 0 Å². The zero-order chi connectivity index (χ0) is 15.6. The lowest BCUT2D eigenvalue weighted by atomic mass is 9.90. The van der Waals surface area contributed by atoms with Crippen molar-refractivity contribution in [2.45, 2.75) is 33.1 Å². The van der Waals surface area contributed by atoms with E-state index in [1.807, 2.05) is 32.0 Å². The minimum Gasteiger partial charge on any atom is -0.294 e. The van der Waals surface area contributed by atoms with Crippen LogP contribution in [-0.2, 0) is 10.0 Å². The Labute approximate surface area is 127 Å². The van der Waals surface area contributed by atoms with E-state index in [2.05, 4.69) is 0 Å². The maximum Gasteiger partial charge on any atom is 0.211 e. The highest BCUT2D eigenvalue weighted by Crippen LogP contribution is 2.24. The molecule has 5 heteroatoms. The monoisotopic (exact) mass is 309 g/mol. The highest BCUT2D eigenvalue weighted by Gasteiger charge is 2.27. The van der Waals surface area contributed by atoms with Gasteiger partial charge in [0, 0.05) is 25.1 Å². The average Bonchev–Trinajstić information content (AvgIpc) is 2.41. The van der Waals surface area contributed by atoms with Crippen LogP contribution in [0.4, 0.5) is 0 Å². The predicted octanol–water partition coefficient (Wildman–Crippen LogP) is 2.55. The topological polar surface area (TPSA) is 54.5 Å². The number of ketones is 1. The van der Waals surface area contributed by atoms with Crippen molar-refractivity contribution in [3.63, 3.8) is 0 Å². The van der Waals surface area contributed by atoms with Crippen LogP contribution in [0.5, 0.6) is 0 Å². The Bertz CT molecular complexity index is 637. The molecule has 0 N–H and O–H groups in total. The quantitative estimate of drug-likeness (QED) is 0.803. The number of aryl methyl sites for hydroxylation is 2. The second-order valence-electron chi connectivity index (χ2n) is 6.07. The van der Waals surface area contributed by atoms with Crippen LogP contribution in [0.1, 0.15) is 40.7 Å². The molecule has 0 spiro atoms. The molecule has 1 aromatic rings. The largest absolute Gasteiger partial charge is 0.294 e. The second-order valence-corrected chi connectivity index (χ2v) is 8.06. The molecule has 116 valence electrons. The number of piperidine rings is 1. The third-order valence-corrected chi connectivity index (χ3v) is 5.39. The van der Waals surface area contributed by atoms with Gasteiger partial charge in [-0.15, -0.1) is 0 Å². The van der Waals surface area contributed by atoms with Gasteiger partial charge in [-0.2, -0.15) is 0 Å². The van der Waals surface area contributed by atoms with E-state index in [4.69, 9.17) is 0 Å². The van der Waals surface area contributed by atoms with Gasteiger partial charge in [0.25, 0.3) is 0 Å². The van der Waals surface area contributed by atoms with Crippen LogP contribution >= 0.6 is 0 Å². The zero-order valence-electron chi connectivity index (χ0n) is 12.9. The number of rotatable bonds is 4. The molecule has 1 aliphatic heterocycles. The molecule has 1 heterocycles. The molecule has 0 bridgehead atoms. The summed E-state index contributed by atoms with van der Waals surface area (Å²) in [6, 6.07) is 5.89. The molecule has 21 heavy (non-hydrogen) atoms. The summed E-state index contributed by atoms with van der Waals surface area (Å²) in [4.78, 5) is 12.5. The first-order chi connectivity index (χ1) is 9.77. The number of carbonyl (C=O) groups excluding carboxylic acids is 1. The van der Waals surface area contributed by atoms with Crippen molar-refractivity contribution in [3.8, 4) is 0 Å². The van der Waals surface area contributed by atoms with Gasteiger partial charge in [0.15, 0.2) is 5.78 Å². The van der Waals surface area contributed by atoms with Crippen LogP contribution in [-0.4, -0.2) is 37.9 Å². The van der Waals surface area contributed by atoms with E-state index in [-0.39, 0.29) is 11.7 Å². The fourth-order valence-corrected chi connectivity index (χ4v) is 3.85. The van der Waals surface area contributed by atoms with Crippen molar-refractivity contribution in [3.05, 3.63) is 34.9 Å². The van der Waals surface area contributed by atoms with E-state index in [9.17, 15) is 13.2 Å². The minimum absolute atomic E-state index is 0.122. The summed E-state index contributed by atoms with van der Waals surface area (Å²) in [6.07, 6.45) is 3.42. The lowest BCUT2D eigenvalue weighted by Crippen LogP contribution is -2.39. The molecule has 1 aromatic carbocycles. The molecule has 2 rings (SSSR count). The van der Waals surface area contributed by atoms with Crippen molar-refractivity contribution in [2.24, 2.45) is 5.92 Å². The lowest BCUT2D eigenvalue weighted by Gasteiger charge is -2.30. The smallest absolute Gasteiger partial charge is 0.211 e. The maximum atomic E-state index is 12.5. The normalized spacial score (nSPS) is 20.4. The number of nitrogens with zero attached hydrogens (tertiary/aromatic N) is 1. The third-order valence-electron chi connectivity index (χ3n) is 4.12. The predicted molar refractivity (Wildman–Crippen MR) is 84.0 cm³/mol. The Balaban J connectivity index is 2.07. The first kappa shape index (κ1) is 16.2. The van der Waals surface area contributed by atoms with Gasteiger partial charge in [-0.25, -0.2) is 12.7 Å². The van der Waals surface area contributed by atoms with E-state index >= 15 is 0 Å². The standard InChI is InChI=1S/C16H23NO3S/c1-12-6-7-13(2)15(9-12)16(18)10-14-5-4-8-17(11-14)21(3,19)20/h6-7,9,14H,4-5,8,10-11H2,1-3H3. The van der Waals surface area contributed by atoms with Gasteiger partial charge in [-0.1, -0.05) is 17.7 Å². The van der Waals surface area contributed by atoms with Crippen LogP contribution in [0.15, 0.2) is 18.2 Å². The van der Waals surface area contributed by atoms with Gasteiger partial charge in [-0.05, 0) is 44.2 Å². The number of Topliss-reactive ketones (excluding diaryl/α,β-unsaturated/α-hetero) is 1. The fraction of sp³-hybridized carbons (Fsp3) is 0.562. The molecule has 1 fully saturated rings. The van der Waals surface area contributed by atoms with Crippen LogP contribution in [0.3, 0.4) is 0 Å². The molecule has 0 radical (unpaired) electrons. The summed E-state index contributed by atoms with van der Waals surface area (Å²) >= 11 is 0. The Morgan fingerprint density at radius 1 is 1.33 bits per heavy atom. The van der Waals surface area contributed by atoms with Gasteiger partial charge >= 0.3 is 0 Å². The van der Waals surface area contributed by atoms with E-state index in [0.29, 0.717) is 19.5 Å². The average molecular weight is 309 g/mol. The lowest BCUT2D eigenvalue weighted by molar-refractivity contribution is 0.0941. The van der Waals surface area contributed by atoms with E-state index < -0.39 is 10.0 Å². The molecule has 0 aromatic heterocycles. The van der Waals surface area contributed by atoms with Gasteiger partial charge in [-0.3, -0.25) is 4.79 Å². The van der Waals surface area contributed by atoms with E-state index in [1.54, 1.807) is 0 Å². The van der Waals surface area contributed by atoms with Crippen molar-refractivity contribution in [1.29, 1.82) is 0 Å². The minimum atomic E-state index is -3.15. The second kappa shape index (κ2) is 6.28.